The molecule has 2 aromatic rings. The topological polar surface area (TPSA) is 83.9 Å². The van der Waals surface area contributed by atoms with Gasteiger partial charge in [-0.1, -0.05) is 15.9 Å². The second kappa shape index (κ2) is 4.19. The minimum absolute atomic E-state index is 0.376. The van der Waals surface area contributed by atoms with Crippen molar-refractivity contribution in [2.45, 2.75) is 11.8 Å². The number of halogens is 1. The van der Waals surface area contributed by atoms with Gasteiger partial charge in [-0.3, -0.25) is 9.59 Å². The van der Waals surface area contributed by atoms with Gasteiger partial charge in [0.2, 0.25) is 0 Å². The highest BCUT2D eigenvalue weighted by molar-refractivity contribution is 9.10. The van der Waals surface area contributed by atoms with Gasteiger partial charge in [-0.15, -0.1) is 0 Å². The van der Waals surface area contributed by atoms with Gasteiger partial charge < -0.3 is 19.8 Å². The van der Waals surface area contributed by atoms with E-state index in [2.05, 4.69) is 26.6 Å². The molecule has 1 saturated heterocycles. The maximum Gasteiger partial charge on any atom is 0.281 e. The van der Waals surface area contributed by atoms with E-state index in [0.29, 0.717) is 17.0 Å². The SMILES string of the molecule is O=C1NC2(OC2c2ccco2)C(=O)Nc2ccc(Br)cc21. The summed E-state index contributed by atoms with van der Waals surface area (Å²) in [6.07, 6.45) is 0.877. The molecule has 2 atom stereocenters. The van der Waals surface area contributed by atoms with Gasteiger partial charge in [-0.2, -0.15) is 0 Å². The molecular formula is C14H9BrN2O4. The Labute approximate surface area is 127 Å². The molecule has 0 radical (unpaired) electrons. The molecule has 1 aromatic carbocycles. The summed E-state index contributed by atoms with van der Waals surface area (Å²) in [6.45, 7) is 0. The van der Waals surface area contributed by atoms with Crippen LogP contribution in [0, 0.1) is 0 Å². The number of carbonyl (C=O) groups is 2. The number of furan rings is 1. The number of anilines is 1. The zero-order valence-corrected chi connectivity index (χ0v) is 12.1. The molecule has 106 valence electrons. The van der Waals surface area contributed by atoms with Crippen LogP contribution in [-0.2, 0) is 9.53 Å². The molecule has 7 heteroatoms. The largest absolute Gasteiger partial charge is 0.466 e. The number of nitrogens with one attached hydrogen (secondary N) is 2. The lowest BCUT2D eigenvalue weighted by Gasteiger charge is -2.08. The summed E-state index contributed by atoms with van der Waals surface area (Å²) < 4.78 is 11.5. The van der Waals surface area contributed by atoms with Crippen LogP contribution in [0.4, 0.5) is 5.69 Å². The number of hydrogen-bond acceptors (Lipinski definition) is 4. The van der Waals surface area contributed by atoms with Crippen molar-refractivity contribution in [3.63, 3.8) is 0 Å². The summed E-state index contributed by atoms with van der Waals surface area (Å²) >= 11 is 3.31. The number of epoxide rings is 1. The summed E-state index contributed by atoms with van der Waals surface area (Å²) in [6, 6.07) is 8.47. The molecule has 0 bridgehead atoms. The van der Waals surface area contributed by atoms with Crippen molar-refractivity contribution < 1.29 is 18.7 Å². The third-order valence-electron chi connectivity index (χ3n) is 3.53. The smallest absolute Gasteiger partial charge is 0.281 e. The lowest BCUT2D eigenvalue weighted by Crippen LogP contribution is -2.45. The first-order valence-corrected chi connectivity index (χ1v) is 7.04. The maximum absolute atomic E-state index is 12.4. The Balaban J connectivity index is 1.73. The van der Waals surface area contributed by atoms with Crippen molar-refractivity contribution in [2.24, 2.45) is 0 Å². The van der Waals surface area contributed by atoms with Crippen molar-refractivity contribution in [3.05, 3.63) is 52.4 Å². The van der Waals surface area contributed by atoms with Crippen LogP contribution in [-0.4, -0.2) is 17.5 Å². The van der Waals surface area contributed by atoms with E-state index in [1.165, 1.54) is 6.26 Å². The first-order valence-electron chi connectivity index (χ1n) is 6.25. The summed E-state index contributed by atoms with van der Waals surface area (Å²) in [4.78, 5) is 24.7. The van der Waals surface area contributed by atoms with E-state index < -0.39 is 17.7 Å². The van der Waals surface area contributed by atoms with Gasteiger partial charge in [0.15, 0.2) is 6.10 Å². The van der Waals surface area contributed by atoms with Gasteiger partial charge in [0.1, 0.15) is 5.76 Å². The van der Waals surface area contributed by atoms with Crippen molar-refractivity contribution in [1.29, 1.82) is 0 Å². The van der Waals surface area contributed by atoms with Gasteiger partial charge in [0.05, 0.1) is 17.5 Å². The molecule has 21 heavy (non-hydrogen) atoms. The molecule has 1 fully saturated rings. The van der Waals surface area contributed by atoms with Crippen molar-refractivity contribution in [3.8, 4) is 0 Å². The monoisotopic (exact) mass is 348 g/mol. The quantitative estimate of drug-likeness (QED) is 0.773. The fourth-order valence-corrected chi connectivity index (χ4v) is 2.80. The van der Waals surface area contributed by atoms with Crippen LogP contribution in [0.3, 0.4) is 0 Å². The Morgan fingerprint density at radius 1 is 1.24 bits per heavy atom. The molecule has 4 rings (SSSR count). The zero-order valence-electron chi connectivity index (χ0n) is 10.6. The van der Waals surface area contributed by atoms with Crippen molar-refractivity contribution >= 4 is 33.4 Å². The molecule has 2 amide bonds. The molecule has 2 aliphatic heterocycles. The van der Waals surface area contributed by atoms with Gasteiger partial charge in [0.25, 0.3) is 17.5 Å². The molecule has 0 saturated carbocycles. The van der Waals surface area contributed by atoms with E-state index in [4.69, 9.17) is 9.15 Å². The predicted molar refractivity (Wildman–Crippen MR) is 75.5 cm³/mol. The Kier molecular flexibility index (Phi) is 2.51. The van der Waals surface area contributed by atoms with Gasteiger partial charge in [-0.05, 0) is 30.3 Å². The summed E-state index contributed by atoms with van der Waals surface area (Å²) in [7, 11) is 0. The fourth-order valence-electron chi connectivity index (χ4n) is 2.44. The van der Waals surface area contributed by atoms with Gasteiger partial charge in [0, 0.05) is 4.47 Å². The van der Waals surface area contributed by atoms with Crippen LogP contribution in [0.25, 0.3) is 0 Å². The fraction of sp³-hybridized carbons (Fsp3) is 0.143. The van der Waals surface area contributed by atoms with Crippen LogP contribution in [0.2, 0.25) is 0 Å². The minimum atomic E-state index is -1.40. The number of ether oxygens (including phenoxy) is 1. The summed E-state index contributed by atoms with van der Waals surface area (Å²) in [5, 5.41) is 5.36. The first-order chi connectivity index (χ1) is 10.1. The lowest BCUT2D eigenvalue weighted by molar-refractivity contribution is -0.121. The third kappa shape index (κ3) is 1.81. The zero-order chi connectivity index (χ0) is 14.6. The minimum Gasteiger partial charge on any atom is -0.466 e. The highest BCUT2D eigenvalue weighted by atomic mass is 79.9. The average molecular weight is 349 g/mol. The van der Waals surface area contributed by atoms with Crippen LogP contribution in [0.15, 0.2) is 45.5 Å². The normalized spacial score (nSPS) is 26.8. The molecule has 1 spiro atoms. The lowest BCUT2D eigenvalue weighted by atomic mass is 10.1. The molecule has 1 aromatic heterocycles. The average Bonchev–Trinajstić information content (AvgIpc) is 2.96. The van der Waals surface area contributed by atoms with Crippen LogP contribution < -0.4 is 10.6 Å². The molecule has 2 aliphatic rings. The van der Waals surface area contributed by atoms with Crippen LogP contribution >= 0.6 is 15.9 Å². The summed E-state index contributed by atoms with van der Waals surface area (Å²) in [5.74, 6) is -0.297. The molecule has 2 N–H and O–H groups in total. The van der Waals surface area contributed by atoms with Crippen LogP contribution in [0.5, 0.6) is 0 Å². The third-order valence-corrected chi connectivity index (χ3v) is 4.02. The summed E-state index contributed by atoms with van der Waals surface area (Å²) in [5.41, 5.74) is -0.574. The molecule has 0 aliphatic carbocycles. The molecular weight excluding hydrogens is 340 g/mol. The van der Waals surface area contributed by atoms with Crippen molar-refractivity contribution in [1.82, 2.24) is 5.32 Å². The number of amides is 2. The van der Waals surface area contributed by atoms with Crippen molar-refractivity contribution in [2.75, 3.05) is 5.32 Å². The second-order valence-electron chi connectivity index (χ2n) is 4.85. The van der Waals surface area contributed by atoms with E-state index in [9.17, 15) is 9.59 Å². The van der Waals surface area contributed by atoms with E-state index in [1.54, 1.807) is 30.3 Å². The standard InChI is InChI=1S/C14H9BrN2O4/c15-7-3-4-9-8(6-7)12(18)17-14(13(19)16-9)11(21-14)10-2-1-5-20-10/h1-6,11H,(H,16,19)(H,17,18). The van der Waals surface area contributed by atoms with Gasteiger partial charge in [-0.25, -0.2) is 0 Å². The first kappa shape index (κ1) is 12.6. The number of carbonyl (C=O) groups excluding carboxylic acids is 2. The Bertz CT molecular complexity index is 758. The maximum atomic E-state index is 12.4. The predicted octanol–water partition coefficient (Wildman–Crippen LogP) is 2.19. The van der Waals surface area contributed by atoms with E-state index >= 15 is 0 Å². The number of hydrogen-bond donors (Lipinski definition) is 2. The molecule has 6 nitrogen and oxygen atoms in total. The molecule has 3 heterocycles. The number of benzene rings is 1. The number of fused-ring (bicyclic) bond motifs is 1. The highest BCUT2D eigenvalue weighted by Crippen LogP contribution is 2.49. The number of rotatable bonds is 1. The van der Waals surface area contributed by atoms with E-state index in [1.807, 2.05) is 0 Å². The highest BCUT2D eigenvalue weighted by Gasteiger charge is 2.67. The Morgan fingerprint density at radius 3 is 2.86 bits per heavy atom. The second-order valence-corrected chi connectivity index (χ2v) is 5.76. The Morgan fingerprint density at radius 2 is 2.10 bits per heavy atom. The van der Waals surface area contributed by atoms with E-state index in [-0.39, 0.29) is 5.91 Å². The van der Waals surface area contributed by atoms with Crippen LogP contribution in [0.1, 0.15) is 22.2 Å². The Hall–Kier alpha value is -2.12. The van der Waals surface area contributed by atoms with E-state index in [0.717, 1.165) is 4.47 Å². The van der Waals surface area contributed by atoms with Gasteiger partial charge >= 0.3 is 0 Å². The molecule has 2 unspecified atom stereocenters.